The molecule has 10 aromatic rings. The molecule has 3 heterocycles. The first-order chi connectivity index (χ1) is 24.8. The number of para-hydroxylation sites is 1. The molecule has 7 aromatic carbocycles. The maximum Gasteiger partial charge on any atom is 0.0963 e. The number of fused-ring (bicyclic) bond motifs is 6. The second-order valence-electron chi connectivity index (χ2n) is 12.9. The van der Waals surface area contributed by atoms with Crippen LogP contribution in [0.2, 0.25) is 0 Å². The number of benzene rings is 7. The number of pyridine rings is 1. The summed E-state index contributed by atoms with van der Waals surface area (Å²) >= 11 is 0. The van der Waals surface area contributed by atoms with E-state index in [1.54, 1.807) is 0 Å². The maximum atomic E-state index is 4.84. The molecule has 0 fully saturated rings. The molecule has 3 heteroatoms. The van der Waals surface area contributed by atoms with Gasteiger partial charge in [-0.25, -0.2) is 0 Å². The van der Waals surface area contributed by atoms with Crippen LogP contribution < -0.4 is 0 Å². The molecular formula is C47H31N3. The van der Waals surface area contributed by atoms with Crippen molar-refractivity contribution in [2.45, 2.75) is 0 Å². The van der Waals surface area contributed by atoms with E-state index >= 15 is 0 Å². The van der Waals surface area contributed by atoms with Crippen LogP contribution >= 0.6 is 0 Å². The lowest BCUT2D eigenvalue weighted by atomic mass is 10.0. The fraction of sp³-hybridized carbons (Fsp3) is 0. The average molecular weight is 638 g/mol. The van der Waals surface area contributed by atoms with Crippen LogP contribution in [-0.2, 0) is 0 Å². The Labute approximate surface area is 290 Å². The molecular weight excluding hydrogens is 607 g/mol. The molecule has 0 unspecified atom stereocenters. The minimum Gasteiger partial charge on any atom is -0.309 e. The van der Waals surface area contributed by atoms with Crippen LogP contribution in [0.4, 0.5) is 0 Å². The molecule has 3 nitrogen and oxygen atoms in total. The zero-order chi connectivity index (χ0) is 33.0. The Bertz CT molecular complexity index is 2840. The van der Waals surface area contributed by atoms with E-state index in [1.165, 1.54) is 55.2 Å². The monoisotopic (exact) mass is 637 g/mol. The molecule has 0 aliphatic carbocycles. The van der Waals surface area contributed by atoms with Gasteiger partial charge in [0.15, 0.2) is 0 Å². The minimum atomic E-state index is 1.01. The third-order valence-corrected chi connectivity index (χ3v) is 9.97. The van der Waals surface area contributed by atoms with Gasteiger partial charge in [0, 0.05) is 33.7 Å². The fourth-order valence-corrected chi connectivity index (χ4v) is 7.61. The van der Waals surface area contributed by atoms with E-state index in [1.807, 2.05) is 12.3 Å². The zero-order valence-electron chi connectivity index (χ0n) is 27.2. The van der Waals surface area contributed by atoms with Gasteiger partial charge in [-0.1, -0.05) is 115 Å². The van der Waals surface area contributed by atoms with Crippen LogP contribution in [0.5, 0.6) is 0 Å². The molecule has 0 aliphatic heterocycles. The maximum absolute atomic E-state index is 4.84. The van der Waals surface area contributed by atoms with Crippen LogP contribution in [-0.4, -0.2) is 14.1 Å². The summed E-state index contributed by atoms with van der Waals surface area (Å²) in [5.74, 6) is 0. The second-order valence-corrected chi connectivity index (χ2v) is 12.9. The summed E-state index contributed by atoms with van der Waals surface area (Å²) in [6.07, 6.45) is 1.89. The molecule has 0 amide bonds. The van der Waals surface area contributed by atoms with Gasteiger partial charge in [-0.15, -0.1) is 0 Å². The Balaban J connectivity index is 1.12. The molecule has 0 radical (unpaired) electrons. The highest BCUT2D eigenvalue weighted by molar-refractivity contribution is 6.11. The molecule has 10 rings (SSSR count). The Kier molecular flexibility index (Phi) is 6.49. The molecule has 0 spiro atoms. The Morgan fingerprint density at radius 1 is 0.300 bits per heavy atom. The summed E-state index contributed by atoms with van der Waals surface area (Å²) < 4.78 is 4.74. The van der Waals surface area contributed by atoms with Gasteiger partial charge in [0.2, 0.25) is 0 Å². The Morgan fingerprint density at radius 2 is 0.880 bits per heavy atom. The van der Waals surface area contributed by atoms with Gasteiger partial charge in [0.25, 0.3) is 0 Å². The van der Waals surface area contributed by atoms with Gasteiger partial charge < -0.3 is 9.13 Å². The third kappa shape index (κ3) is 4.56. The van der Waals surface area contributed by atoms with Crippen molar-refractivity contribution in [1.29, 1.82) is 0 Å². The van der Waals surface area contributed by atoms with E-state index in [4.69, 9.17) is 4.98 Å². The smallest absolute Gasteiger partial charge is 0.0963 e. The van der Waals surface area contributed by atoms with Crippen molar-refractivity contribution in [2.75, 3.05) is 0 Å². The van der Waals surface area contributed by atoms with Crippen molar-refractivity contribution < 1.29 is 0 Å². The van der Waals surface area contributed by atoms with Crippen molar-refractivity contribution in [3.05, 3.63) is 188 Å². The summed E-state index contributed by atoms with van der Waals surface area (Å²) in [4.78, 5) is 4.84. The van der Waals surface area contributed by atoms with E-state index in [0.717, 1.165) is 33.3 Å². The van der Waals surface area contributed by atoms with E-state index in [2.05, 4.69) is 185 Å². The first-order valence-electron chi connectivity index (χ1n) is 17.0. The lowest BCUT2D eigenvalue weighted by molar-refractivity contribution is 1.18. The van der Waals surface area contributed by atoms with E-state index in [0.29, 0.717) is 0 Å². The van der Waals surface area contributed by atoms with Crippen molar-refractivity contribution in [2.24, 2.45) is 0 Å². The standard InChI is InChI=1S/C47H31N3/c1-3-11-32(12-4-1)34-20-24-38(25-21-34)49-43-18-8-7-17-40(43)42-30-36(23-27-44(42)49)37-22-26-41-46(31-37)50(45-19-10-28-48-47(41)45)39-16-9-15-35(29-39)33-13-5-2-6-14-33/h1-31H. The van der Waals surface area contributed by atoms with Crippen molar-refractivity contribution >= 4 is 43.7 Å². The molecule has 3 aromatic heterocycles. The number of nitrogens with zero attached hydrogens (tertiary/aromatic N) is 3. The van der Waals surface area contributed by atoms with Crippen molar-refractivity contribution in [3.63, 3.8) is 0 Å². The quantitative estimate of drug-likeness (QED) is 0.184. The summed E-state index contributed by atoms with van der Waals surface area (Å²) in [7, 11) is 0. The highest BCUT2D eigenvalue weighted by atomic mass is 15.0. The van der Waals surface area contributed by atoms with E-state index in [9.17, 15) is 0 Å². The first-order valence-corrected chi connectivity index (χ1v) is 17.0. The molecule has 50 heavy (non-hydrogen) atoms. The van der Waals surface area contributed by atoms with Crippen LogP contribution in [0.15, 0.2) is 188 Å². The topological polar surface area (TPSA) is 22.8 Å². The van der Waals surface area contributed by atoms with Crippen LogP contribution in [0.25, 0.3) is 88.5 Å². The van der Waals surface area contributed by atoms with Gasteiger partial charge in [-0.2, -0.15) is 0 Å². The number of aromatic nitrogens is 3. The fourth-order valence-electron chi connectivity index (χ4n) is 7.61. The molecule has 0 saturated carbocycles. The highest BCUT2D eigenvalue weighted by Gasteiger charge is 2.17. The molecule has 0 bridgehead atoms. The second kappa shape index (κ2) is 11.5. The Morgan fingerprint density at radius 3 is 1.70 bits per heavy atom. The van der Waals surface area contributed by atoms with Crippen LogP contribution in [0.3, 0.4) is 0 Å². The van der Waals surface area contributed by atoms with Crippen molar-refractivity contribution in [3.8, 4) is 44.8 Å². The van der Waals surface area contributed by atoms with Crippen LogP contribution in [0.1, 0.15) is 0 Å². The zero-order valence-corrected chi connectivity index (χ0v) is 27.2. The average Bonchev–Trinajstić information content (AvgIpc) is 3.71. The van der Waals surface area contributed by atoms with Gasteiger partial charge in [-0.3, -0.25) is 4.98 Å². The summed E-state index contributed by atoms with van der Waals surface area (Å²) in [6.45, 7) is 0. The number of rotatable bonds is 5. The highest BCUT2D eigenvalue weighted by Crippen LogP contribution is 2.38. The number of hydrogen-bond acceptors (Lipinski definition) is 1. The summed E-state index contributed by atoms with van der Waals surface area (Å²) in [6, 6.07) is 65.5. The Hall–Kier alpha value is -6.71. The summed E-state index contributed by atoms with van der Waals surface area (Å²) in [5, 5.41) is 3.63. The predicted octanol–water partition coefficient (Wildman–Crippen LogP) is 12.3. The van der Waals surface area contributed by atoms with E-state index < -0.39 is 0 Å². The lowest BCUT2D eigenvalue weighted by Crippen LogP contribution is -1.95. The predicted molar refractivity (Wildman–Crippen MR) is 209 cm³/mol. The molecule has 0 atom stereocenters. The lowest BCUT2D eigenvalue weighted by Gasteiger charge is -2.11. The first kappa shape index (κ1) is 28.3. The van der Waals surface area contributed by atoms with Crippen LogP contribution in [0, 0.1) is 0 Å². The van der Waals surface area contributed by atoms with E-state index in [-0.39, 0.29) is 0 Å². The largest absolute Gasteiger partial charge is 0.309 e. The van der Waals surface area contributed by atoms with Gasteiger partial charge in [-0.05, 0) is 100 Å². The third-order valence-electron chi connectivity index (χ3n) is 9.97. The minimum absolute atomic E-state index is 1.01. The number of hydrogen-bond donors (Lipinski definition) is 0. The van der Waals surface area contributed by atoms with Crippen molar-refractivity contribution in [1.82, 2.24) is 14.1 Å². The molecule has 0 saturated heterocycles. The normalized spacial score (nSPS) is 11.6. The molecule has 0 aliphatic rings. The molecule has 0 N–H and O–H groups in total. The SMILES string of the molecule is c1ccc(-c2ccc(-n3c4ccccc4c4cc(-c5ccc6c7ncccc7n(-c7cccc(-c8ccccc8)c7)c6c5)ccc43)cc2)cc1. The van der Waals surface area contributed by atoms with Gasteiger partial charge >= 0.3 is 0 Å². The molecule has 234 valence electrons. The van der Waals surface area contributed by atoms with Gasteiger partial charge in [0.05, 0.1) is 27.6 Å². The van der Waals surface area contributed by atoms with Gasteiger partial charge in [0.1, 0.15) is 0 Å². The summed E-state index contributed by atoms with van der Waals surface area (Å²) in [5.41, 5.74) is 15.1.